The third-order valence-electron chi connectivity index (χ3n) is 3.45. The monoisotopic (exact) mass is 337 g/mol. The molecule has 2 aromatic rings. The molecule has 1 aromatic carbocycles. The number of rotatable bonds is 5. The molecular formula is C15H20BrN3O. The van der Waals surface area contributed by atoms with Gasteiger partial charge >= 0.3 is 0 Å². The number of hydrogen-bond acceptors (Lipinski definition) is 3. The Balaban J connectivity index is 2.28. The maximum Gasteiger partial charge on any atom is 0.123 e. The van der Waals surface area contributed by atoms with Crippen molar-refractivity contribution in [1.29, 1.82) is 0 Å². The first kappa shape index (κ1) is 15.1. The van der Waals surface area contributed by atoms with Crippen molar-refractivity contribution in [2.24, 2.45) is 12.8 Å². The number of ether oxygens (including phenoxy) is 1. The molecule has 1 unspecified atom stereocenters. The molecule has 0 aliphatic heterocycles. The van der Waals surface area contributed by atoms with E-state index >= 15 is 0 Å². The predicted octanol–water partition coefficient (Wildman–Crippen LogP) is 3.00. The van der Waals surface area contributed by atoms with Crippen LogP contribution in [-0.4, -0.2) is 16.9 Å². The van der Waals surface area contributed by atoms with E-state index in [2.05, 4.69) is 28.0 Å². The van der Waals surface area contributed by atoms with Crippen LogP contribution in [0, 0.1) is 0 Å². The second-order valence-corrected chi connectivity index (χ2v) is 5.53. The minimum atomic E-state index is -0.123. The van der Waals surface area contributed by atoms with Gasteiger partial charge in [-0.1, -0.05) is 25.1 Å². The second kappa shape index (κ2) is 6.41. The van der Waals surface area contributed by atoms with Crippen LogP contribution in [0.3, 0.4) is 0 Å². The summed E-state index contributed by atoms with van der Waals surface area (Å²) in [7, 11) is 3.62. The van der Waals surface area contributed by atoms with Gasteiger partial charge in [0.1, 0.15) is 5.75 Å². The van der Waals surface area contributed by atoms with Gasteiger partial charge in [-0.25, -0.2) is 0 Å². The molecule has 0 aliphatic rings. The summed E-state index contributed by atoms with van der Waals surface area (Å²) in [5.41, 5.74) is 9.54. The summed E-state index contributed by atoms with van der Waals surface area (Å²) in [4.78, 5) is 0. The molecule has 2 rings (SSSR count). The van der Waals surface area contributed by atoms with E-state index in [0.717, 1.165) is 33.6 Å². The highest BCUT2D eigenvalue weighted by Gasteiger charge is 2.18. The van der Waals surface area contributed by atoms with Gasteiger partial charge in [-0.15, -0.1) is 0 Å². The standard InChI is InChI=1S/C15H20BrN3O/c1-4-12-15(16)13(19(2)18-12)9-11(17)10-7-5-6-8-14(10)20-3/h5-8,11H,4,9,17H2,1-3H3. The molecule has 5 heteroatoms. The smallest absolute Gasteiger partial charge is 0.123 e. The van der Waals surface area contributed by atoms with Crippen LogP contribution < -0.4 is 10.5 Å². The number of aryl methyl sites for hydroxylation is 2. The summed E-state index contributed by atoms with van der Waals surface area (Å²) in [6.45, 7) is 2.09. The number of aromatic nitrogens is 2. The molecular weight excluding hydrogens is 318 g/mol. The molecule has 4 nitrogen and oxygen atoms in total. The van der Waals surface area contributed by atoms with Crippen molar-refractivity contribution in [2.75, 3.05) is 7.11 Å². The maximum atomic E-state index is 6.35. The summed E-state index contributed by atoms with van der Waals surface area (Å²) in [6.07, 6.45) is 1.61. The minimum absolute atomic E-state index is 0.123. The van der Waals surface area contributed by atoms with Crippen molar-refractivity contribution in [1.82, 2.24) is 9.78 Å². The zero-order valence-electron chi connectivity index (χ0n) is 12.1. The Morgan fingerprint density at radius 2 is 2.10 bits per heavy atom. The molecule has 0 fully saturated rings. The Bertz CT molecular complexity index is 595. The Hall–Kier alpha value is -1.33. The van der Waals surface area contributed by atoms with E-state index in [-0.39, 0.29) is 6.04 Å². The molecule has 0 radical (unpaired) electrons. The number of nitrogens with zero attached hydrogens (tertiary/aromatic N) is 2. The minimum Gasteiger partial charge on any atom is -0.496 e. The van der Waals surface area contributed by atoms with Gasteiger partial charge in [-0.2, -0.15) is 5.10 Å². The topological polar surface area (TPSA) is 53.1 Å². The van der Waals surface area contributed by atoms with Gasteiger partial charge in [0.25, 0.3) is 0 Å². The van der Waals surface area contributed by atoms with Crippen LogP contribution >= 0.6 is 15.9 Å². The first-order valence-corrected chi connectivity index (χ1v) is 7.46. The van der Waals surface area contributed by atoms with E-state index in [0.29, 0.717) is 6.42 Å². The third kappa shape index (κ3) is 2.88. The Morgan fingerprint density at radius 3 is 2.70 bits per heavy atom. The van der Waals surface area contributed by atoms with Crippen LogP contribution in [0.1, 0.15) is 29.9 Å². The fourth-order valence-corrected chi connectivity index (χ4v) is 3.11. The fourth-order valence-electron chi connectivity index (χ4n) is 2.33. The van der Waals surface area contributed by atoms with E-state index in [1.807, 2.05) is 36.0 Å². The van der Waals surface area contributed by atoms with Gasteiger partial charge in [0.15, 0.2) is 0 Å². The normalized spacial score (nSPS) is 12.4. The van der Waals surface area contributed by atoms with Gasteiger partial charge in [0.05, 0.1) is 23.0 Å². The number of benzene rings is 1. The van der Waals surface area contributed by atoms with Crippen molar-refractivity contribution in [2.45, 2.75) is 25.8 Å². The van der Waals surface area contributed by atoms with Crippen molar-refractivity contribution in [3.63, 3.8) is 0 Å². The summed E-state index contributed by atoms with van der Waals surface area (Å²) >= 11 is 3.63. The average Bonchev–Trinajstić information content (AvgIpc) is 2.74. The molecule has 1 aromatic heterocycles. The van der Waals surface area contributed by atoms with E-state index in [4.69, 9.17) is 10.5 Å². The van der Waals surface area contributed by atoms with E-state index in [9.17, 15) is 0 Å². The van der Waals surface area contributed by atoms with Crippen molar-refractivity contribution in [3.8, 4) is 5.75 Å². The van der Waals surface area contributed by atoms with E-state index in [1.165, 1.54) is 0 Å². The predicted molar refractivity (Wildman–Crippen MR) is 83.9 cm³/mol. The highest BCUT2D eigenvalue weighted by Crippen LogP contribution is 2.29. The lowest BCUT2D eigenvalue weighted by molar-refractivity contribution is 0.405. The molecule has 0 saturated carbocycles. The summed E-state index contributed by atoms with van der Waals surface area (Å²) in [6, 6.07) is 7.75. The van der Waals surface area contributed by atoms with Crippen LogP contribution in [-0.2, 0) is 19.9 Å². The number of nitrogens with two attached hydrogens (primary N) is 1. The molecule has 0 spiro atoms. The highest BCUT2D eigenvalue weighted by molar-refractivity contribution is 9.10. The van der Waals surface area contributed by atoms with Crippen LogP contribution in [0.4, 0.5) is 0 Å². The number of halogens is 1. The summed E-state index contributed by atoms with van der Waals surface area (Å²) in [5.74, 6) is 0.828. The Labute approximate surface area is 128 Å². The van der Waals surface area contributed by atoms with Crippen molar-refractivity contribution >= 4 is 15.9 Å². The van der Waals surface area contributed by atoms with Crippen LogP contribution in [0.5, 0.6) is 5.75 Å². The lowest BCUT2D eigenvalue weighted by atomic mass is 10.0. The van der Waals surface area contributed by atoms with E-state index < -0.39 is 0 Å². The third-order valence-corrected chi connectivity index (χ3v) is 4.37. The fraction of sp³-hybridized carbons (Fsp3) is 0.400. The molecule has 108 valence electrons. The zero-order valence-corrected chi connectivity index (χ0v) is 13.6. The molecule has 2 N–H and O–H groups in total. The number of para-hydroxylation sites is 1. The van der Waals surface area contributed by atoms with Crippen molar-refractivity contribution in [3.05, 3.63) is 45.7 Å². The summed E-state index contributed by atoms with van der Waals surface area (Å²) in [5, 5.41) is 4.50. The quantitative estimate of drug-likeness (QED) is 0.912. The van der Waals surface area contributed by atoms with Crippen LogP contribution in [0.15, 0.2) is 28.7 Å². The molecule has 0 bridgehead atoms. The Morgan fingerprint density at radius 1 is 1.40 bits per heavy atom. The molecule has 0 amide bonds. The van der Waals surface area contributed by atoms with Crippen molar-refractivity contribution < 1.29 is 4.74 Å². The van der Waals surface area contributed by atoms with E-state index in [1.54, 1.807) is 7.11 Å². The second-order valence-electron chi connectivity index (χ2n) is 4.74. The van der Waals surface area contributed by atoms with Gasteiger partial charge in [0.2, 0.25) is 0 Å². The molecule has 0 aliphatic carbocycles. The largest absolute Gasteiger partial charge is 0.496 e. The van der Waals surface area contributed by atoms with Crippen LogP contribution in [0.2, 0.25) is 0 Å². The van der Waals surface area contributed by atoms with Gasteiger partial charge < -0.3 is 10.5 Å². The highest BCUT2D eigenvalue weighted by atomic mass is 79.9. The number of methoxy groups -OCH3 is 1. The zero-order chi connectivity index (χ0) is 14.7. The van der Waals surface area contributed by atoms with Crippen LogP contribution in [0.25, 0.3) is 0 Å². The Kier molecular flexibility index (Phi) is 4.83. The summed E-state index contributed by atoms with van der Waals surface area (Å²) < 4.78 is 8.34. The molecule has 1 heterocycles. The lowest BCUT2D eigenvalue weighted by Crippen LogP contribution is -2.16. The van der Waals surface area contributed by atoms with Gasteiger partial charge in [-0.05, 0) is 28.4 Å². The van der Waals surface area contributed by atoms with Gasteiger partial charge in [-0.3, -0.25) is 4.68 Å². The molecule has 20 heavy (non-hydrogen) atoms. The molecule has 0 saturated heterocycles. The molecule has 1 atom stereocenters. The average molecular weight is 338 g/mol. The first-order chi connectivity index (χ1) is 9.58. The SMILES string of the molecule is CCc1nn(C)c(CC(N)c2ccccc2OC)c1Br. The first-order valence-electron chi connectivity index (χ1n) is 6.67. The number of hydrogen-bond donors (Lipinski definition) is 1. The van der Waals surface area contributed by atoms with Gasteiger partial charge in [0, 0.05) is 25.1 Å². The lowest BCUT2D eigenvalue weighted by Gasteiger charge is -2.16. The maximum absolute atomic E-state index is 6.35.